The summed E-state index contributed by atoms with van der Waals surface area (Å²) in [5, 5.41) is 5.80. The van der Waals surface area contributed by atoms with Gasteiger partial charge in [0.05, 0.1) is 17.9 Å². The van der Waals surface area contributed by atoms with Crippen LogP contribution in [0.2, 0.25) is 0 Å². The maximum atomic E-state index is 11.5. The van der Waals surface area contributed by atoms with E-state index in [0.717, 1.165) is 11.3 Å². The van der Waals surface area contributed by atoms with Crippen molar-refractivity contribution in [2.75, 3.05) is 37.0 Å². The van der Waals surface area contributed by atoms with E-state index in [9.17, 15) is 9.59 Å². The van der Waals surface area contributed by atoms with Gasteiger partial charge in [-0.15, -0.1) is 0 Å². The van der Waals surface area contributed by atoms with Gasteiger partial charge in [-0.05, 0) is 24.1 Å². The molecule has 0 unspecified atom stereocenters. The van der Waals surface area contributed by atoms with Gasteiger partial charge in [-0.3, -0.25) is 9.59 Å². The number of hydrogen-bond acceptors (Lipinski definition) is 4. The minimum atomic E-state index is -0.0406. The molecule has 6 heteroatoms. The second kappa shape index (κ2) is 5.17. The van der Waals surface area contributed by atoms with E-state index in [2.05, 4.69) is 10.6 Å². The molecule has 0 spiro atoms. The van der Waals surface area contributed by atoms with Crippen molar-refractivity contribution in [3.63, 3.8) is 0 Å². The fourth-order valence-corrected chi connectivity index (χ4v) is 1.93. The molecule has 0 radical (unpaired) electrons. The number of nitrogen functional groups attached to an aromatic ring is 1. The number of nitrogens with two attached hydrogens (primary N) is 1. The maximum Gasteiger partial charge on any atom is 0.241 e. The highest BCUT2D eigenvalue weighted by Crippen LogP contribution is 2.30. The average Bonchev–Trinajstić information content (AvgIpc) is 2.36. The van der Waals surface area contributed by atoms with Crippen molar-refractivity contribution in [2.24, 2.45) is 0 Å². The summed E-state index contributed by atoms with van der Waals surface area (Å²) in [4.78, 5) is 24.4. The number of hydrogen-bond donors (Lipinski definition) is 3. The molecule has 0 aromatic heterocycles. The van der Waals surface area contributed by atoms with Gasteiger partial charge >= 0.3 is 0 Å². The number of carbonyl (C=O) groups is 2. The summed E-state index contributed by atoms with van der Waals surface area (Å²) >= 11 is 0. The Hall–Kier alpha value is -2.24. The van der Waals surface area contributed by atoms with E-state index in [1.54, 1.807) is 20.2 Å². The zero-order chi connectivity index (χ0) is 14.0. The molecule has 0 atom stereocenters. The minimum Gasteiger partial charge on any atom is -0.397 e. The van der Waals surface area contributed by atoms with Gasteiger partial charge in [0.1, 0.15) is 0 Å². The fraction of sp³-hybridized carbons (Fsp3) is 0.385. The second-order valence-corrected chi connectivity index (χ2v) is 4.79. The van der Waals surface area contributed by atoms with Gasteiger partial charge < -0.3 is 21.3 Å². The van der Waals surface area contributed by atoms with Gasteiger partial charge in [0, 0.05) is 26.2 Å². The van der Waals surface area contributed by atoms with Crippen LogP contribution in [-0.2, 0) is 16.0 Å². The topological polar surface area (TPSA) is 87.5 Å². The first-order valence-electron chi connectivity index (χ1n) is 6.13. The molecule has 6 nitrogen and oxygen atoms in total. The largest absolute Gasteiger partial charge is 0.397 e. The molecule has 1 heterocycles. The Labute approximate surface area is 112 Å². The smallest absolute Gasteiger partial charge is 0.241 e. The Morgan fingerprint density at radius 1 is 1.42 bits per heavy atom. The lowest BCUT2D eigenvalue weighted by Crippen LogP contribution is -2.29. The normalized spacial score (nSPS) is 13.5. The molecular formula is C13H18N4O2. The SMILES string of the molecule is CN(C)C(=O)CNc1cc2c(cc1N)CCC(=O)N2. The van der Waals surface area contributed by atoms with Gasteiger partial charge in [0.15, 0.2) is 0 Å². The van der Waals surface area contributed by atoms with Crippen molar-refractivity contribution in [1.29, 1.82) is 0 Å². The standard InChI is InChI=1S/C13H18N4O2/c1-17(2)13(19)7-15-11-6-10-8(5-9(11)14)3-4-12(18)16-10/h5-6,15H,3-4,7,14H2,1-2H3,(H,16,18). The summed E-state index contributed by atoms with van der Waals surface area (Å²) in [5.41, 5.74) is 8.99. The molecule has 2 rings (SSSR count). The van der Waals surface area contributed by atoms with Crippen molar-refractivity contribution < 1.29 is 9.59 Å². The third-order valence-corrected chi connectivity index (χ3v) is 3.10. The maximum absolute atomic E-state index is 11.5. The minimum absolute atomic E-state index is 0.00703. The summed E-state index contributed by atoms with van der Waals surface area (Å²) in [6.07, 6.45) is 1.18. The Kier molecular flexibility index (Phi) is 3.59. The number of anilines is 3. The predicted octanol–water partition coefficient (Wildman–Crippen LogP) is 0.654. The molecule has 1 aromatic rings. The Balaban J connectivity index is 2.15. The summed E-state index contributed by atoms with van der Waals surface area (Å²) in [7, 11) is 3.39. The monoisotopic (exact) mass is 262 g/mol. The highest BCUT2D eigenvalue weighted by Gasteiger charge is 2.17. The van der Waals surface area contributed by atoms with Crippen molar-refractivity contribution in [1.82, 2.24) is 4.90 Å². The molecule has 0 saturated heterocycles. The number of amides is 2. The lowest BCUT2D eigenvalue weighted by Gasteiger charge is -2.20. The van der Waals surface area contributed by atoms with Crippen LogP contribution in [0.1, 0.15) is 12.0 Å². The molecular weight excluding hydrogens is 244 g/mol. The van der Waals surface area contributed by atoms with Crippen molar-refractivity contribution in [3.8, 4) is 0 Å². The van der Waals surface area contributed by atoms with Gasteiger partial charge in [-0.2, -0.15) is 0 Å². The highest BCUT2D eigenvalue weighted by molar-refractivity contribution is 5.95. The Morgan fingerprint density at radius 3 is 2.84 bits per heavy atom. The van der Waals surface area contributed by atoms with E-state index in [0.29, 0.717) is 24.2 Å². The molecule has 1 aliphatic heterocycles. The summed E-state index contributed by atoms with van der Waals surface area (Å²) in [5.74, 6) is -0.0336. The molecule has 1 aliphatic rings. The summed E-state index contributed by atoms with van der Waals surface area (Å²) in [6, 6.07) is 3.63. The van der Waals surface area contributed by atoms with Gasteiger partial charge in [-0.1, -0.05) is 0 Å². The first kappa shape index (κ1) is 13.2. The molecule has 1 aromatic carbocycles. The summed E-state index contributed by atoms with van der Waals surface area (Å²) in [6.45, 7) is 0.171. The number of rotatable bonds is 3. The van der Waals surface area contributed by atoms with Crippen LogP contribution < -0.4 is 16.4 Å². The van der Waals surface area contributed by atoms with Crippen molar-refractivity contribution in [2.45, 2.75) is 12.8 Å². The zero-order valence-corrected chi connectivity index (χ0v) is 11.1. The molecule has 4 N–H and O–H groups in total. The molecule has 2 amide bonds. The van der Waals surface area contributed by atoms with Crippen LogP contribution in [0.4, 0.5) is 17.1 Å². The van der Waals surface area contributed by atoms with Crippen LogP contribution in [0.5, 0.6) is 0 Å². The van der Waals surface area contributed by atoms with E-state index in [1.165, 1.54) is 4.90 Å². The van der Waals surface area contributed by atoms with E-state index >= 15 is 0 Å². The number of nitrogens with zero attached hydrogens (tertiary/aromatic N) is 1. The van der Waals surface area contributed by atoms with E-state index in [4.69, 9.17) is 5.73 Å². The Bertz CT molecular complexity index is 526. The molecule has 19 heavy (non-hydrogen) atoms. The van der Waals surface area contributed by atoms with Crippen LogP contribution in [-0.4, -0.2) is 37.4 Å². The van der Waals surface area contributed by atoms with E-state index in [1.807, 2.05) is 6.07 Å². The lowest BCUT2D eigenvalue weighted by molar-refractivity contribution is -0.126. The number of aryl methyl sites for hydroxylation is 1. The highest BCUT2D eigenvalue weighted by atomic mass is 16.2. The zero-order valence-electron chi connectivity index (χ0n) is 11.1. The van der Waals surface area contributed by atoms with Gasteiger partial charge in [-0.25, -0.2) is 0 Å². The third kappa shape index (κ3) is 2.96. The van der Waals surface area contributed by atoms with Gasteiger partial charge in [0.2, 0.25) is 11.8 Å². The quantitative estimate of drug-likeness (QED) is 0.698. The van der Waals surface area contributed by atoms with Crippen LogP contribution in [0.25, 0.3) is 0 Å². The van der Waals surface area contributed by atoms with E-state index < -0.39 is 0 Å². The lowest BCUT2D eigenvalue weighted by atomic mass is 10.0. The summed E-state index contributed by atoms with van der Waals surface area (Å²) < 4.78 is 0. The third-order valence-electron chi connectivity index (χ3n) is 3.10. The van der Waals surface area contributed by atoms with Gasteiger partial charge in [0.25, 0.3) is 0 Å². The van der Waals surface area contributed by atoms with Crippen molar-refractivity contribution >= 4 is 28.9 Å². The molecule has 0 fully saturated rings. The number of likely N-dealkylation sites (N-methyl/N-ethyl adjacent to an activating group) is 1. The van der Waals surface area contributed by atoms with E-state index in [-0.39, 0.29) is 18.4 Å². The molecule has 102 valence electrons. The van der Waals surface area contributed by atoms with Crippen LogP contribution in [0.3, 0.4) is 0 Å². The molecule has 0 saturated carbocycles. The van der Waals surface area contributed by atoms with Crippen LogP contribution in [0, 0.1) is 0 Å². The predicted molar refractivity (Wildman–Crippen MR) is 75.0 cm³/mol. The number of carbonyl (C=O) groups excluding carboxylic acids is 2. The molecule has 0 aliphatic carbocycles. The van der Waals surface area contributed by atoms with Crippen LogP contribution >= 0.6 is 0 Å². The number of benzene rings is 1. The molecule has 0 bridgehead atoms. The first-order chi connectivity index (χ1) is 8.97. The van der Waals surface area contributed by atoms with Crippen LogP contribution in [0.15, 0.2) is 12.1 Å². The first-order valence-corrected chi connectivity index (χ1v) is 6.13. The second-order valence-electron chi connectivity index (χ2n) is 4.79. The van der Waals surface area contributed by atoms with Crippen molar-refractivity contribution in [3.05, 3.63) is 17.7 Å². The fourth-order valence-electron chi connectivity index (χ4n) is 1.93. The average molecular weight is 262 g/mol. The number of fused-ring (bicyclic) bond motifs is 1. The number of nitrogens with one attached hydrogen (secondary N) is 2. The Morgan fingerprint density at radius 2 is 2.16 bits per heavy atom.